The minimum Gasteiger partial charge on any atom is -0.467 e. The molecule has 0 aliphatic rings. The van der Waals surface area contributed by atoms with Gasteiger partial charge in [-0.2, -0.15) is 0 Å². The fourth-order valence-corrected chi connectivity index (χ4v) is 1.26. The van der Waals surface area contributed by atoms with E-state index in [1.165, 1.54) is 13.8 Å². The number of rotatable bonds is 4. The molecule has 2 aromatic rings. The van der Waals surface area contributed by atoms with Crippen molar-refractivity contribution >= 4 is 11.0 Å². The molecular weight excluding hydrogens is 224 g/mol. The zero-order valence-electron chi connectivity index (χ0n) is 9.54. The summed E-state index contributed by atoms with van der Waals surface area (Å²) in [5, 5.41) is 15.2. The molecule has 2 rings (SSSR count). The number of nitrogens with zero attached hydrogens (tertiary/aromatic N) is 2. The maximum Gasteiger partial charge on any atom is 0.262 e. The van der Waals surface area contributed by atoms with Crippen molar-refractivity contribution in [2.45, 2.75) is 19.4 Å². The van der Waals surface area contributed by atoms with Gasteiger partial charge in [0.2, 0.25) is 5.54 Å². The summed E-state index contributed by atoms with van der Waals surface area (Å²) in [7, 11) is 0. The predicted octanol–water partition coefficient (Wildman–Crippen LogP) is 2.26. The zero-order chi connectivity index (χ0) is 12.5. The van der Waals surface area contributed by atoms with Crippen molar-refractivity contribution < 1.29 is 14.2 Å². The van der Waals surface area contributed by atoms with E-state index in [0.29, 0.717) is 11.0 Å². The third-order valence-corrected chi connectivity index (χ3v) is 2.40. The molecule has 0 fully saturated rings. The lowest BCUT2D eigenvalue weighted by Gasteiger charge is -2.14. The Morgan fingerprint density at radius 3 is 2.88 bits per heavy atom. The minimum absolute atomic E-state index is 0.0590. The van der Waals surface area contributed by atoms with E-state index in [2.05, 4.69) is 5.16 Å². The first kappa shape index (κ1) is 11.4. The first-order chi connectivity index (χ1) is 8.00. The van der Waals surface area contributed by atoms with Gasteiger partial charge in [-0.05, 0) is 17.3 Å². The van der Waals surface area contributed by atoms with Crippen LogP contribution in [0.25, 0.3) is 11.0 Å². The second-order valence-corrected chi connectivity index (χ2v) is 4.34. The molecule has 1 aromatic heterocycles. The van der Waals surface area contributed by atoms with Crippen LogP contribution in [0.1, 0.15) is 13.8 Å². The van der Waals surface area contributed by atoms with Crippen molar-refractivity contribution in [3.8, 4) is 5.88 Å². The van der Waals surface area contributed by atoms with Gasteiger partial charge in [0.1, 0.15) is 0 Å². The van der Waals surface area contributed by atoms with Crippen LogP contribution in [0.15, 0.2) is 28.8 Å². The molecule has 0 aliphatic heterocycles. The lowest BCUT2D eigenvalue weighted by Crippen LogP contribution is -2.37. The number of fused-ring (bicyclic) bond motifs is 1. The molecule has 0 saturated carbocycles. The summed E-state index contributed by atoms with van der Waals surface area (Å²) in [4.78, 5) is 10.3. The molecule has 0 bridgehead atoms. The number of para-hydroxylation sites is 1. The Kier molecular flexibility index (Phi) is 2.71. The van der Waals surface area contributed by atoms with E-state index >= 15 is 0 Å². The number of ether oxygens (including phenoxy) is 1. The average molecular weight is 236 g/mol. The van der Waals surface area contributed by atoms with Crippen LogP contribution in [0.2, 0.25) is 0 Å². The third-order valence-electron chi connectivity index (χ3n) is 2.40. The molecule has 0 saturated heterocycles. The van der Waals surface area contributed by atoms with E-state index in [1.54, 1.807) is 12.1 Å². The molecule has 0 radical (unpaired) electrons. The van der Waals surface area contributed by atoms with Gasteiger partial charge < -0.3 is 9.26 Å². The molecule has 0 unspecified atom stereocenters. The van der Waals surface area contributed by atoms with Gasteiger partial charge in [0.05, 0.1) is 5.39 Å². The standard InChI is InChI=1S/C11H12N2O4/c1-11(2,13(14)15)7-16-10-8-5-3-4-6-9(8)17-12-10/h3-6H,7H2,1-2H3. The molecular formula is C11H12N2O4. The first-order valence-electron chi connectivity index (χ1n) is 5.12. The maximum atomic E-state index is 10.7. The summed E-state index contributed by atoms with van der Waals surface area (Å²) >= 11 is 0. The van der Waals surface area contributed by atoms with Crippen LogP contribution in [0.4, 0.5) is 0 Å². The van der Waals surface area contributed by atoms with Crippen molar-refractivity contribution in [1.29, 1.82) is 0 Å². The van der Waals surface area contributed by atoms with E-state index in [4.69, 9.17) is 9.26 Å². The van der Waals surface area contributed by atoms with Crippen LogP contribution in [0, 0.1) is 10.1 Å². The highest BCUT2D eigenvalue weighted by atomic mass is 16.6. The van der Waals surface area contributed by atoms with Crippen LogP contribution in [-0.4, -0.2) is 22.2 Å². The molecule has 6 heteroatoms. The molecule has 90 valence electrons. The van der Waals surface area contributed by atoms with Gasteiger partial charge in [-0.15, -0.1) is 0 Å². The largest absolute Gasteiger partial charge is 0.467 e. The minimum atomic E-state index is -1.15. The fraction of sp³-hybridized carbons (Fsp3) is 0.364. The Morgan fingerprint density at radius 2 is 2.18 bits per heavy atom. The molecule has 0 amide bonds. The van der Waals surface area contributed by atoms with Crippen molar-refractivity contribution in [2.75, 3.05) is 6.61 Å². The average Bonchev–Trinajstić information content (AvgIpc) is 2.69. The second-order valence-electron chi connectivity index (χ2n) is 4.34. The Balaban J connectivity index is 2.17. The third kappa shape index (κ3) is 2.20. The first-order valence-corrected chi connectivity index (χ1v) is 5.12. The SMILES string of the molecule is CC(C)(COc1noc2ccccc12)[N+](=O)[O-]. The van der Waals surface area contributed by atoms with Crippen molar-refractivity contribution in [1.82, 2.24) is 5.16 Å². The Labute approximate surface area is 97.3 Å². The van der Waals surface area contributed by atoms with E-state index in [1.807, 2.05) is 12.1 Å². The molecule has 0 atom stereocenters. The number of hydrogen-bond acceptors (Lipinski definition) is 5. The summed E-state index contributed by atoms with van der Waals surface area (Å²) in [6, 6.07) is 7.19. The van der Waals surface area contributed by atoms with Gasteiger partial charge in [0.15, 0.2) is 12.2 Å². The topological polar surface area (TPSA) is 78.4 Å². The fourth-order valence-electron chi connectivity index (χ4n) is 1.26. The predicted molar refractivity (Wildman–Crippen MR) is 60.6 cm³/mol. The summed E-state index contributed by atoms with van der Waals surface area (Å²) in [6.07, 6.45) is 0. The van der Waals surface area contributed by atoms with E-state index in [-0.39, 0.29) is 17.4 Å². The van der Waals surface area contributed by atoms with Gasteiger partial charge in [0, 0.05) is 18.8 Å². The summed E-state index contributed by atoms with van der Waals surface area (Å²) < 4.78 is 10.4. The highest BCUT2D eigenvalue weighted by molar-refractivity contribution is 5.81. The van der Waals surface area contributed by atoms with Crippen LogP contribution in [0.5, 0.6) is 5.88 Å². The number of benzene rings is 1. The quantitative estimate of drug-likeness (QED) is 0.601. The number of nitro groups is 1. The van der Waals surface area contributed by atoms with Crippen molar-refractivity contribution in [2.24, 2.45) is 0 Å². The van der Waals surface area contributed by atoms with Crippen LogP contribution >= 0.6 is 0 Å². The van der Waals surface area contributed by atoms with Gasteiger partial charge >= 0.3 is 0 Å². The van der Waals surface area contributed by atoms with E-state index in [0.717, 1.165) is 0 Å². The second kappa shape index (κ2) is 4.04. The van der Waals surface area contributed by atoms with Gasteiger partial charge in [-0.3, -0.25) is 10.1 Å². The lowest BCUT2D eigenvalue weighted by atomic mass is 10.1. The summed E-state index contributed by atoms with van der Waals surface area (Å²) in [6.45, 7) is 2.93. The summed E-state index contributed by atoms with van der Waals surface area (Å²) in [5.74, 6) is 0.288. The molecule has 6 nitrogen and oxygen atoms in total. The van der Waals surface area contributed by atoms with E-state index < -0.39 is 5.54 Å². The molecule has 1 aromatic carbocycles. The molecule has 1 heterocycles. The molecule has 0 spiro atoms. The Morgan fingerprint density at radius 1 is 1.47 bits per heavy atom. The van der Waals surface area contributed by atoms with Crippen LogP contribution < -0.4 is 4.74 Å². The van der Waals surface area contributed by atoms with Crippen LogP contribution in [-0.2, 0) is 0 Å². The highest BCUT2D eigenvalue weighted by Gasteiger charge is 2.32. The Hall–Kier alpha value is -2.11. The molecule has 17 heavy (non-hydrogen) atoms. The van der Waals surface area contributed by atoms with Gasteiger partial charge in [-0.1, -0.05) is 12.1 Å². The number of hydrogen-bond donors (Lipinski definition) is 0. The van der Waals surface area contributed by atoms with Crippen molar-refractivity contribution in [3.05, 3.63) is 34.4 Å². The number of aromatic nitrogens is 1. The normalized spacial score (nSPS) is 11.6. The molecule has 0 N–H and O–H groups in total. The van der Waals surface area contributed by atoms with Gasteiger partial charge in [0.25, 0.3) is 5.88 Å². The van der Waals surface area contributed by atoms with Crippen LogP contribution in [0.3, 0.4) is 0 Å². The Bertz CT molecular complexity index is 547. The maximum absolute atomic E-state index is 10.7. The highest BCUT2D eigenvalue weighted by Crippen LogP contribution is 2.25. The smallest absolute Gasteiger partial charge is 0.262 e. The van der Waals surface area contributed by atoms with Gasteiger partial charge in [-0.25, -0.2) is 0 Å². The van der Waals surface area contributed by atoms with Crippen molar-refractivity contribution in [3.63, 3.8) is 0 Å². The molecule has 0 aliphatic carbocycles. The summed E-state index contributed by atoms with van der Waals surface area (Å²) in [5.41, 5.74) is -0.554. The monoisotopic (exact) mass is 236 g/mol. The zero-order valence-corrected chi connectivity index (χ0v) is 9.54. The lowest BCUT2D eigenvalue weighted by molar-refractivity contribution is -0.562. The van der Waals surface area contributed by atoms with E-state index in [9.17, 15) is 10.1 Å².